The van der Waals surface area contributed by atoms with Crippen molar-refractivity contribution in [3.63, 3.8) is 0 Å². The summed E-state index contributed by atoms with van der Waals surface area (Å²) in [4.78, 5) is 0.0430. The van der Waals surface area contributed by atoms with E-state index in [1.54, 1.807) is 6.92 Å². The molecule has 0 aliphatic carbocycles. The molecule has 106 valence electrons. The highest BCUT2D eigenvalue weighted by Crippen LogP contribution is 2.21. The molecular weight excluding hydrogens is 342 g/mol. The van der Waals surface area contributed by atoms with Crippen LogP contribution in [0.4, 0.5) is 0 Å². The number of sulfonamides is 1. The molecule has 0 saturated carbocycles. The summed E-state index contributed by atoms with van der Waals surface area (Å²) >= 11 is 3.33. The standard InChI is InChI=1S/C14H14BrNO3S/c1-10(11-5-7-12(15)8-6-11)16-20(18,19)14-4-2-3-13(17)9-14/h2-10,16-17H,1H3. The summed E-state index contributed by atoms with van der Waals surface area (Å²) in [5, 5.41) is 9.36. The van der Waals surface area contributed by atoms with Crippen molar-refractivity contribution in [2.75, 3.05) is 0 Å². The van der Waals surface area contributed by atoms with Gasteiger partial charge in [0.2, 0.25) is 10.0 Å². The third-order valence-electron chi connectivity index (χ3n) is 2.83. The highest BCUT2D eigenvalue weighted by atomic mass is 79.9. The summed E-state index contributed by atoms with van der Waals surface area (Å²) in [7, 11) is -3.66. The van der Waals surface area contributed by atoms with Gasteiger partial charge in [-0.15, -0.1) is 0 Å². The summed E-state index contributed by atoms with van der Waals surface area (Å²) in [5.74, 6) is -0.0795. The summed E-state index contributed by atoms with van der Waals surface area (Å²) in [5.41, 5.74) is 0.858. The zero-order valence-corrected chi connectivity index (χ0v) is 13.1. The van der Waals surface area contributed by atoms with Gasteiger partial charge in [0, 0.05) is 10.5 Å². The van der Waals surface area contributed by atoms with E-state index in [4.69, 9.17) is 0 Å². The second kappa shape index (κ2) is 5.95. The number of phenolic OH excluding ortho intramolecular Hbond substituents is 1. The van der Waals surface area contributed by atoms with Gasteiger partial charge in [0.15, 0.2) is 0 Å². The Hall–Kier alpha value is -1.37. The molecule has 0 heterocycles. The molecule has 0 spiro atoms. The fourth-order valence-corrected chi connectivity index (χ4v) is 3.31. The zero-order valence-electron chi connectivity index (χ0n) is 10.7. The molecule has 20 heavy (non-hydrogen) atoms. The van der Waals surface area contributed by atoms with Crippen molar-refractivity contribution in [3.8, 4) is 5.75 Å². The molecule has 1 atom stereocenters. The summed E-state index contributed by atoms with van der Waals surface area (Å²) in [6, 6.07) is 12.6. The number of rotatable bonds is 4. The first-order valence-electron chi connectivity index (χ1n) is 5.95. The van der Waals surface area contributed by atoms with Gasteiger partial charge in [-0.3, -0.25) is 0 Å². The lowest BCUT2D eigenvalue weighted by atomic mass is 10.1. The number of nitrogens with one attached hydrogen (secondary N) is 1. The van der Waals surface area contributed by atoms with Crippen LogP contribution in [0.15, 0.2) is 57.9 Å². The second-order valence-electron chi connectivity index (χ2n) is 4.39. The molecule has 4 nitrogen and oxygen atoms in total. The molecule has 2 aromatic carbocycles. The van der Waals surface area contributed by atoms with Crippen molar-refractivity contribution in [2.45, 2.75) is 17.9 Å². The average molecular weight is 356 g/mol. The van der Waals surface area contributed by atoms with E-state index in [0.717, 1.165) is 10.0 Å². The normalized spacial score (nSPS) is 13.1. The van der Waals surface area contributed by atoms with E-state index in [0.29, 0.717) is 0 Å². The minimum Gasteiger partial charge on any atom is -0.508 e. The van der Waals surface area contributed by atoms with Crippen LogP contribution >= 0.6 is 15.9 Å². The Kier molecular flexibility index (Phi) is 4.47. The first-order valence-corrected chi connectivity index (χ1v) is 8.23. The van der Waals surface area contributed by atoms with Crippen molar-refractivity contribution >= 4 is 26.0 Å². The predicted molar refractivity (Wildman–Crippen MR) is 81.0 cm³/mol. The first-order chi connectivity index (χ1) is 9.38. The fourth-order valence-electron chi connectivity index (χ4n) is 1.77. The van der Waals surface area contributed by atoms with Crippen LogP contribution in [-0.2, 0) is 10.0 Å². The summed E-state index contributed by atoms with van der Waals surface area (Å²) in [6.45, 7) is 1.77. The Morgan fingerprint density at radius 3 is 2.40 bits per heavy atom. The lowest BCUT2D eigenvalue weighted by Gasteiger charge is -2.15. The third-order valence-corrected chi connectivity index (χ3v) is 4.90. The Labute approximate surface area is 126 Å². The molecule has 2 aromatic rings. The lowest BCUT2D eigenvalue weighted by Crippen LogP contribution is -2.26. The number of hydrogen-bond acceptors (Lipinski definition) is 3. The zero-order chi connectivity index (χ0) is 14.8. The van der Waals surface area contributed by atoms with E-state index in [9.17, 15) is 13.5 Å². The minimum absolute atomic E-state index is 0.0430. The van der Waals surface area contributed by atoms with Crippen LogP contribution in [0.5, 0.6) is 5.75 Å². The van der Waals surface area contributed by atoms with Crippen LogP contribution in [0.2, 0.25) is 0 Å². The molecule has 0 saturated heterocycles. The maximum atomic E-state index is 12.2. The van der Waals surface area contributed by atoms with Gasteiger partial charge in [-0.25, -0.2) is 13.1 Å². The molecule has 0 aliphatic rings. The maximum Gasteiger partial charge on any atom is 0.241 e. The molecule has 0 fully saturated rings. The second-order valence-corrected chi connectivity index (χ2v) is 7.02. The van der Waals surface area contributed by atoms with Crippen LogP contribution in [0.25, 0.3) is 0 Å². The van der Waals surface area contributed by atoms with Crippen molar-refractivity contribution in [1.29, 1.82) is 0 Å². The lowest BCUT2D eigenvalue weighted by molar-refractivity contribution is 0.473. The van der Waals surface area contributed by atoms with Crippen molar-refractivity contribution in [2.24, 2.45) is 0 Å². The number of halogens is 1. The van der Waals surface area contributed by atoms with Crippen LogP contribution in [0, 0.1) is 0 Å². The van der Waals surface area contributed by atoms with Crippen molar-refractivity contribution in [3.05, 3.63) is 58.6 Å². The molecule has 0 aliphatic heterocycles. The van der Waals surface area contributed by atoms with Crippen molar-refractivity contribution < 1.29 is 13.5 Å². The van der Waals surface area contributed by atoms with Crippen molar-refractivity contribution in [1.82, 2.24) is 4.72 Å². The highest BCUT2D eigenvalue weighted by molar-refractivity contribution is 9.10. The SMILES string of the molecule is CC(NS(=O)(=O)c1cccc(O)c1)c1ccc(Br)cc1. The molecular formula is C14H14BrNO3S. The van der Waals surface area contributed by atoms with Gasteiger partial charge in [-0.05, 0) is 42.8 Å². The molecule has 0 amide bonds. The monoisotopic (exact) mass is 355 g/mol. The van der Waals surface area contributed by atoms with Crippen LogP contribution in [0.1, 0.15) is 18.5 Å². The van der Waals surface area contributed by atoms with E-state index in [1.165, 1.54) is 24.3 Å². The quantitative estimate of drug-likeness (QED) is 0.884. The van der Waals surface area contributed by atoms with Gasteiger partial charge in [0.1, 0.15) is 5.75 Å². The van der Waals surface area contributed by atoms with Crippen LogP contribution in [-0.4, -0.2) is 13.5 Å². The van der Waals surface area contributed by atoms with Crippen LogP contribution < -0.4 is 4.72 Å². The van der Waals surface area contributed by atoms with Gasteiger partial charge in [0.25, 0.3) is 0 Å². The maximum absolute atomic E-state index is 12.2. The van der Waals surface area contributed by atoms with Gasteiger partial charge in [-0.1, -0.05) is 34.1 Å². The molecule has 0 aromatic heterocycles. The molecule has 2 N–H and O–H groups in total. The number of aromatic hydroxyl groups is 1. The number of benzene rings is 2. The van der Waals surface area contributed by atoms with E-state index in [2.05, 4.69) is 20.7 Å². The highest BCUT2D eigenvalue weighted by Gasteiger charge is 2.18. The van der Waals surface area contributed by atoms with Gasteiger partial charge < -0.3 is 5.11 Å². The van der Waals surface area contributed by atoms with Gasteiger partial charge in [-0.2, -0.15) is 0 Å². The Bertz CT molecular complexity index is 699. The van der Waals surface area contributed by atoms with E-state index >= 15 is 0 Å². The van der Waals surface area contributed by atoms with Crippen LogP contribution in [0.3, 0.4) is 0 Å². The topological polar surface area (TPSA) is 66.4 Å². The first kappa shape index (κ1) is 15.0. The average Bonchev–Trinajstić information content (AvgIpc) is 2.39. The Morgan fingerprint density at radius 1 is 1.15 bits per heavy atom. The fraction of sp³-hybridized carbons (Fsp3) is 0.143. The minimum atomic E-state index is -3.66. The van der Waals surface area contributed by atoms with Gasteiger partial charge >= 0.3 is 0 Å². The Balaban J connectivity index is 2.22. The molecule has 0 bridgehead atoms. The van der Waals surface area contributed by atoms with Gasteiger partial charge in [0.05, 0.1) is 4.90 Å². The summed E-state index contributed by atoms with van der Waals surface area (Å²) in [6.07, 6.45) is 0. The predicted octanol–water partition coefficient (Wildman–Crippen LogP) is 3.19. The molecule has 2 rings (SSSR count). The van der Waals surface area contributed by atoms with E-state index in [-0.39, 0.29) is 16.7 Å². The molecule has 0 radical (unpaired) electrons. The summed E-state index contributed by atoms with van der Waals surface area (Å²) < 4.78 is 27.9. The number of hydrogen-bond donors (Lipinski definition) is 2. The molecule has 6 heteroatoms. The van der Waals surface area contributed by atoms with E-state index < -0.39 is 10.0 Å². The third kappa shape index (κ3) is 3.59. The number of phenols is 1. The Morgan fingerprint density at radius 2 is 1.80 bits per heavy atom. The smallest absolute Gasteiger partial charge is 0.241 e. The largest absolute Gasteiger partial charge is 0.508 e. The molecule has 1 unspecified atom stereocenters. The van der Waals surface area contributed by atoms with E-state index in [1.807, 2.05) is 24.3 Å².